The SMILES string of the molecule is CC1(S(=O)(=O)NC(=O)[C@@]23C[C@H]2C=CCCCCC[C@H](Nc2ccccc2F)C(=O)N2C[C@H](OC(=O)N4Cc5cccc(F)c5C4)C[C@H]2C(=O)N3)CC1. The number of sulfonamides is 1. The average molecular weight is 740 g/mol. The van der Waals surface area contributed by atoms with E-state index in [2.05, 4.69) is 15.4 Å². The van der Waals surface area contributed by atoms with Crippen molar-refractivity contribution in [3.05, 3.63) is 77.4 Å². The van der Waals surface area contributed by atoms with Gasteiger partial charge in [0, 0.05) is 24.4 Å². The standard InChI is InChI=1S/C37H43F2N5O7S/c1-36(16-17-36)52(49,50)42-34(47)37-19-24(37)11-5-3-2-4-6-15-30(40-29-14-8-7-12-28(29)39)33(46)44-21-25(18-31(44)32(45)41-37)51-35(48)43-20-23-10-9-13-27(38)26(23)22-43/h5,7-14,24-25,30-31,40H,2-4,6,15-22H2,1H3,(H,41,45)(H,42,47)/t24-,25-,30+,31+,37-/m1/s1. The highest BCUT2D eigenvalue weighted by Gasteiger charge is 2.63. The number of allylic oxidation sites excluding steroid dienone is 1. The molecule has 0 bridgehead atoms. The first-order chi connectivity index (χ1) is 24.8. The number of anilines is 1. The molecule has 0 spiro atoms. The highest BCUT2D eigenvalue weighted by molar-refractivity contribution is 7.91. The molecule has 15 heteroatoms. The van der Waals surface area contributed by atoms with Gasteiger partial charge in [-0.05, 0) is 69.2 Å². The molecule has 0 aromatic heterocycles. The van der Waals surface area contributed by atoms with Gasteiger partial charge in [-0.3, -0.25) is 24.0 Å². The molecule has 0 radical (unpaired) electrons. The zero-order valence-electron chi connectivity index (χ0n) is 28.9. The van der Waals surface area contributed by atoms with Crippen molar-refractivity contribution in [1.82, 2.24) is 19.8 Å². The second-order valence-corrected chi connectivity index (χ2v) is 17.1. The van der Waals surface area contributed by atoms with Crippen molar-refractivity contribution < 1.29 is 41.1 Å². The molecule has 5 atom stereocenters. The Morgan fingerprint density at radius 3 is 2.52 bits per heavy atom. The minimum absolute atomic E-state index is 0.00322. The Morgan fingerprint density at radius 1 is 1.00 bits per heavy atom. The first kappa shape index (κ1) is 35.9. The Morgan fingerprint density at radius 2 is 1.77 bits per heavy atom. The lowest BCUT2D eigenvalue weighted by Crippen LogP contribution is -2.58. The number of amides is 4. The maximum atomic E-state index is 14.8. The summed E-state index contributed by atoms with van der Waals surface area (Å²) in [5.41, 5.74) is -0.398. The number of benzene rings is 2. The molecule has 278 valence electrons. The van der Waals surface area contributed by atoms with E-state index in [1.165, 1.54) is 34.1 Å². The van der Waals surface area contributed by atoms with Crippen LogP contribution in [0.4, 0.5) is 19.3 Å². The zero-order valence-corrected chi connectivity index (χ0v) is 29.7. The average Bonchev–Trinajstić information content (AvgIpc) is 3.90. The van der Waals surface area contributed by atoms with E-state index in [9.17, 15) is 36.4 Å². The molecule has 7 rings (SSSR count). The largest absolute Gasteiger partial charge is 0.444 e. The van der Waals surface area contributed by atoms with E-state index in [0.29, 0.717) is 43.2 Å². The molecule has 2 aromatic carbocycles. The Hall–Kier alpha value is -4.53. The number of carbonyl (C=O) groups is 4. The lowest BCUT2D eigenvalue weighted by atomic mass is 10.0. The summed E-state index contributed by atoms with van der Waals surface area (Å²) < 4.78 is 62.4. The third-order valence-corrected chi connectivity index (χ3v) is 13.3. The van der Waals surface area contributed by atoms with E-state index in [1.807, 2.05) is 12.2 Å². The summed E-state index contributed by atoms with van der Waals surface area (Å²) in [7, 11) is -4.01. The van der Waals surface area contributed by atoms with Gasteiger partial charge in [0.15, 0.2) is 0 Å². The van der Waals surface area contributed by atoms with Gasteiger partial charge in [0.2, 0.25) is 21.8 Å². The van der Waals surface area contributed by atoms with Crippen molar-refractivity contribution >= 4 is 39.5 Å². The molecule has 0 unspecified atom stereocenters. The number of para-hydroxylation sites is 1. The molecule has 3 aliphatic heterocycles. The number of rotatable bonds is 6. The maximum Gasteiger partial charge on any atom is 0.410 e. The van der Waals surface area contributed by atoms with Crippen LogP contribution in [0.2, 0.25) is 0 Å². The van der Waals surface area contributed by atoms with Gasteiger partial charge >= 0.3 is 6.09 Å². The quantitative estimate of drug-likeness (QED) is 0.372. The third kappa shape index (κ3) is 6.98. The summed E-state index contributed by atoms with van der Waals surface area (Å²) in [6, 6.07) is 8.44. The minimum atomic E-state index is -4.01. The van der Waals surface area contributed by atoms with Gasteiger partial charge in [0.1, 0.15) is 35.4 Å². The molecular formula is C37H43F2N5O7S. The van der Waals surface area contributed by atoms with Gasteiger partial charge in [0.05, 0.1) is 23.5 Å². The highest BCUT2D eigenvalue weighted by Crippen LogP contribution is 2.47. The number of halogens is 2. The topological polar surface area (TPSA) is 154 Å². The Kier molecular flexibility index (Phi) is 9.51. The molecule has 4 amide bonds. The fourth-order valence-electron chi connectivity index (χ4n) is 7.44. The lowest BCUT2D eigenvalue weighted by molar-refractivity contribution is -0.140. The first-order valence-corrected chi connectivity index (χ1v) is 19.4. The summed E-state index contributed by atoms with van der Waals surface area (Å²) in [6.45, 7) is 1.53. The smallest absolute Gasteiger partial charge is 0.410 e. The molecule has 5 aliphatic rings. The van der Waals surface area contributed by atoms with Crippen LogP contribution in [0, 0.1) is 17.6 Å². The second kappa shape index (κ2) is 13.8. The predicted octanol–water partition coefficient (Wildman–Crippen LogP) is 4.26. The van der Waals surface area contributed by atoms with E-state index >= 15 is 0 Å². The van der Waals surface area contributed by atoms with Crippen LogP contribution >= 0.6 is 0 Å². The van der Waals surface area contributed by atoms with E-state index in [-0.39, 0.29) is 38.2 Å². The van der Waals surface area contributed by atoms with Crippen LogP contribution in [0.15, 0.2) is 54.6 Å². The molecule has 12 nitrogen and oxygen atoms in total. The number of carbonyl (C=O) groups excluding carboxylic acids is 4. The number of ether oxygens (including phenoxy) is 1. The van der Waals surface area contributed by atoms with Gasteiger partial charge in [-0.15, -0.1) is 0 Å². The molecule has 3 heterocycles. The Bertz CT molecular complexity index is 1920. The summed E-state index contributed by atoms with van der Waals surface area (Å²) in [5, 5.41) is 5.84. The summed E-state index contributed by atoms with van der Waals surface area (Å²) in [4.78, 5) is 58.4. The number of hydrogen-bond acceptors (Lipinski definition) is 8. The Balaban J connectivity index is 1.16. The van der Waals surface area contributed by atoms with Crippen LogP contribution < -0.4 is 15.4 Å². The molecule has 2 aliphatic carbocycles. The fourth-order valence-corrected chi connectivity index (χ4v) is 8.75. The Labute approximate surface area is 301 Å². The normalized spacial score (nSPS) is 28.4. The number of nitrogens with one attached hydrogen (secondary N) is 3. The van der Waals surface area contributed by atoms with Crippen molar-refractivity contribution in [3.63, 3.8) is 0 Å². The molecule has 3 fully saturated rings. The van der Waals surface area contributed by atoms with E-state index < -0.39 is 79.9 Å². The van der Waals surface area contributed by atoms with Gasteiger partial charge in [0.25, 0.3) is 5.91 Å². The van der Waals surface area contributed by atoms with Crippen molar-refractivity contribution in [2.75, 3.05) is 11.9 Å². The van der Waals surface area contributed by atoms with Crippen LogP contribution in [-0.4, -0.2) is 77.1 Å². The first-order valence-electron chi connectivity index (χ1n) is 17.9. The van der Waals surface area contributed by atoms with Gasteiger partial charge in [-0.25, -0.2) is 22.0 Å². The second-order valence-electron chi connectivity index (χ2n) is 14.9. The van der Waals surface area contributed by atoms with Gasteiger partial charge < -0.3 is 20.3 Å². The van der Waals surface area contributed by atoms with Gasteiger partial charge in [-0.1, -0.05) is 49.3 Å². The van der Waals surface area contributed by atoms with Crippen LogP contribution in [0.5, 0.6) is 0 Å². The van der Waals surface area contributed by atoms with Crippen molar-refractivity contribution in [3.8, 4) is 0 Å². The van der Waals surface area contributed by atoms with E-state index in [0.717, 1.165) is 12.8 Å². The monoisotopic (exact) mass is 739 g/mol. The van der Waals surface area contributed by atoms with Crippen LogP contribution in [-0.2, 0) is 42.2 Å². The predicted molar refractivity (Wildman–Crippen MR) is 186 cm³/mol. The summed E-state index contributed by atoms with van der Waals surface area (Å²) in [5.74, 6) is -3.52. The maximum absolute atomic E-state index is 14.8. The van der Waals surface area contributed by atoms with E-state index in [4.69, 9.17) is 4.74 Å². The van der Waals surface area contributed by atoms with E-state index in [1.54, 1.807) is 25.1 Å². The highest BCUT2D eigenvalue weighted by atomic mass is 32.2. The molecule has 3 N–H and O–H groups in total. The summed E-state index contributed by atoms with van der Waals surface area (Å²) >= 11 is 0. The van der Waals surface area contributed by atoms with Crippen LogP contribution in [0.25, 0.3) is 0 Å². The number of nitrogens with zero attached hydrogens (tertiary/aromatic N) is 2. The molecular weight excluding hydrogens is 696 g/mol. The van der Waals surface area contributed by atoms with Crippen molar-refractivity contribution in [2.24, 2.45) is 5.92 Å². The molecule has 2 saturated carbocycles. The van der Waals surface area contributed by atoms with Crippen LogP contribution in [0.1, 0.15) is 75.8 Å². The van der Waals surface area contributed by atoms with Gasteiger partial charge in [-0.2, -0.15) is 0 Å². The van der Waals surface area contributed by atoms with Crippen molar-refractivity contribution in [1.29, 1.82) is 0 Å². The molecule has 1 saturated heterocycles. The molecule has 52 heavy (non-hydrogen) atoms. The summed E-state index contributed by atoms with van der Waals surface area (Å²) in [6.07, 6.45) is 6.09. The third-order valence-electron chi connectivity index (χ3n) is 11.1. The van der Waals surface area contributed by atoms with Crippen molar-refractivity contribution in [2.45, 2.75) is 106 Å². The fraction of sp³-hybridized carbons (Fsp3) is 0.514. The zero-order chi connectivity index (χ0) is 36.8. The molecule has 2 aromatic rings. The number of hydrogen-bond donors (Lipinski definition) is 3. The van der Waals surface area contributed by atoms with Crippen LogP contribution in [0.3, 0.4) is 0 Å². The lowest BCUT2D eigenvalue weighted by Gasteiger charge is -2.30. The number of fused-ring (bicyclic) bond motifs is 3. The minimum Gasteiger partial charge on any atom is -0.444 e.